The van der Waals surface area contributed by atoms with Crippen molar-refractivity contribution in [2.24, 2.45) is 0 Å². The fraction of sp³-hybridized carbons (Fsp3) is 0.222. The number of hydrogen-bond donors (Lipinski definition) is 1. The quantitative estimate of drug-likeness (QED) is 0.668. The number of ether oxygens (including phenoxy) is 3. The molecule has 0 amide bonds. The molecule has 2 aromatic carbocycles. The zero-order valence-electron chi connectivity index (χ0n) is 14.0. The number of aromatic amines is 1. The third-order valence-corrected chi connectivity index (χ3v) is 4.47. The molecular weight excluding hydrogens is 376 g/mol. The molecule has 4 rings (SSSR count). The Balaban J connectivity index is 1.70. The summed E-state index contributed by atoms with van der Waals surface area (Å²) in [7, 11) is 0. The number of rotatable bonds is 5. The van der Waals surface area contributed by atoms with Gasteiger partial charge in [-0.3, -0.25) is 9.78 Å². The molecule has 1 aromatic heterocycles. The number of halogens is 2. The largest absolute Gasteiger partial charge is 0.451 e. The van der Waals surface area contributed by atoms with Gasteiger partial charge in [0.2, 0.25) is 10.6 Å². The molecule has 0 saturated carbocycles. The van der Waals surface area contributed by atoms with Crippen molar-refractivity contribution in [1.29, 1.82) is 0 Å². The van der Waals surface area contributed by atoms with Crippen molar-refractivity contribution < 1.29 is 23.0 Å². The molecule has 1 aliphatic heterocycles. The van der Waals surface area contributed by atoms with E-state index in [4.69, 9.17) is 26.4 Å². The van der Waals surface area contributed by atoms with Gasteiger partial charge in [0, 0.05) is 5.56 Å². The van der Waals surface area contributed by atoms with Gasteiger partial charge >= 0.3 is 0 Å². The number of H-pyrrole nitrogens is 1. The van der Waals surface area contributed by atoms with Gasteiger partial charge in [-0.1, -0.05) is 18.2 Å². The second kappa shape index (κ2) is 7.18. The highest BCUT2D eigenvalue weighted by Crippen LogP contribution is 2.37. The normalized spacial score (nSPS) is 15.8. The lowest BCUT2D eigenvalue weighted by Gasteiger charge is -2.28. The van der Waals surface area contributed by atoms with E-state index in [2.05, 4.69) is 10.1 Å². The average Bonchev–Trinajstić information content (AvgIpc) is 3.29. The van der Waals surface area contributed by atoms with Crippen molar-refractivity contribution in [1.82, 2.24) is 14.8 Å². The first kappa shape index (κ1) is 17.8. The van der Waals surface area contributed by atoms with Gasteiger partial charge in [0.15, 0.2) is 17.4 Å². The van der Waals surface area contributed by atoms with Gasteiger partial charge in [0.05, 0.1) is 13.2 Å². The van der Waals surface area contributed by atoms with Gasteiger partial charge in [-0.25, -0.2) is 13.8 Å². The van der Waals surface area contributed by atoms with Gasteiger partial charge < -0.3 is 14.2 Å². The topological polar surface area (TPSA) is 61.3 Å². The van der Waals surface area contributed by atoms with E-state index < -0.39 is 23.2 Å². The molecule has 3 aromatic rings. The summed E-state index contributed by atoms with van der Waals surface area (Å²) in [5.41, 5.74) is 0.187. The molecule has 6 nitrogen and oxygen atoms in total. The molecule has 0 aliphatic carbocycles. The second-order valence-corrected chi connectivity index (χ2v) is 6.26. The molecule has 0 radical (unpaired) electrons. The molecule has 0 unspecified atom stereocenters. The van der Waals surface area contributed by atoms with E-state index in [0.717, 1.165) is 12.1 Å². The van der Waals surface area contributed by atoms with Crippen LogP contribution in [0.5, 0.6) is 11.5 Å². The van der Waals surface area contributed by atoms with Crippen LogP contribution in [0.4, 0.5) is 8.78 Å². The Morgan fingerprint density at radius 2 is 1.81 bits per heavy atom. The summed E-state index contributed by atoms with van der Waals surface area (Å²) in [6.45, 7) is 0.642. The Labute approximate surface area is 158 Å². The number of aromatic nitrogens is 3. The van der Waals surface area contributed by atoms with Crippen molar-refractivity contribution >= 4 is 12.2 Å². The Morgan fingerprint density at radius 1 is 1.15 bits per heavy atom. The monoisotopic (exact) mass is 391 g/mol. The number of nitrogens with one attached hydrogen (secondary N) is 1. The van der Waals surface area contributed by atoms with Crippen LogP contribution in [0.15, 0.2) is 48.8 Å². The summed E-state index contributed by atoms with van der Waals surface area (Å²) >= 11 is 5.11. The molecule has 0 bridgehead atoms. The highest BCUT2D eigenvalue weighted by Gasteiger charge is 2.41. The van der Waals surface area contributed by atoms with Crippen LogP contribution >= 0.6 is 12.2 Å². The van der Waals surface area contributed by atoms with Gasteiger partial charge in [-0.05, 0) is 36.5 Å². The molecule has 1 aliphatic rings. The van der Waals surface area contributed by atoms with E-state index in [1.807, 2.05) is 0 Å². The summed E-state index contributed by atoms with van der Waals surface area (Å²) < 4.78 is 47.9. The molecular formula is C18H15F2N3O3S. The van der Waals surface area contributed by atoms with Crippen molar-refractivity contribution in [2.45, 2.75) is 12.3 Å². The first-order valence-electron chi connectivity index (χ1n) is 8.18. The molecule has 2 heterocycles. The first-order valence-corrected chi connectivity index (χ1v) is 8.59. The Hall–Kier alpha value is -2.62. The highest BCUT2D eigenvalue weighted by molar-refractivity contribution is 7.71. The summed E-state index contributed by atoms with van der Waals surface area (Å²) in [4.78, 5) is 3.92. The van der Waals surface area contributed by atoms with Gasteiger partial charge in [0.1, 0.15) is 18.6 Å². The summed E-state index contributed by atoms with van der Waals surface area (Å²) in [5.74, 6) is -3.26. The predicted octanol–water partition coefficient (Wildman–Crippen LogP) is 3.91. The third kappa shape index (κ3) is 3.48. The Bertz CT molecular complexity index is 977. The molecule has 0 spiro atoms. The molecule has 9 heteroatoms. The van der Waals surface area contributed by atoms with Crippen molar-refractivity contribution in [3.63, 3.8) is 0 Å². The van der Waals surface area contributed by atoms with Crippen LogP contribution in [0.25, 0.3) is 0 Å². The van der Waals surface area contributed by atoms with Crippen LogP contribution in [0.1, 0.15) is 5.56 Å². The van der Waals surface area contributed by atoms with Crippen LogP contribution in [-0.4, -0.2) is 28.0 Å². The van der Waals surface area contributed by atoms with Crippen molar-refractivity contribution in [3.05, 3.63) is 70.8 Å². The maximum absolute atomic E-state index is 14.7. The minimum atomic E-state index is -1.38. The maximum Gasteiger partial charge on any atom is 0.215 e. The van der Waals surface area contributed by atoms with Gasteiger partial charge in [-0.15, -0.1) is 0 Å². The summed E-state index contributed by atoms with van der Waals surface area (Å²) in [5, 5.41) is 2.83. The van der Waals surface area contributed by atoms with Crippen LogP contribution in [0.3, 0.4) is 0 Å². The lowest BCUT2D eigenvalue weighted by atomic mass is 10.0. The van der Waals surface area contributed by atoms with Crippen molar-refractivity contribution in [2.75, 3.05) is 13.2 Å². The van der Waals surface area contributed by atoms with E-state index in [-0.39, 0.29) is 30.1 Å². The van der Waals surface area contributed by atoms with Crippen molar-refractivity contribution in [3.8, 4) is 11.5 Å². The molecule has 27 heavy (non-hydrogen) atoms. The highest BCUT2D eigenvalue weighted by atomic mass is 32.1. The second-order valence-electron chi connectivity index (χ2n) is 5.89. The Kier molecular flexibility index (Phi) is 4.73. The van der Waals surface area contributed by atoms with Gasteiger partial charge in [-0.2, -0.15) is 0 Å². The molecule has 0 atom stereocenters. The molecule has 1 saturated heterocycles. The number of hydrogen-bond acceptors (Lipinski definition) is 5. The number of benzene rings is 2. The molecule has 140 valence electrons. The molecule has 1 fully saturated rings. The van der Waals surface area contributed by atoms with Crippen LogP contribution in [0, 0.1) is 16.4 Å². The van der Waals surface area contributed by atoms with E-state index in [1.54, 1.807) is 30.3 Å². The van der Waals surface area contributed by atoms with Gasteiger partial charge in [0.25, 0.3) is 0 Å². The lowest BCUT2D eigenvalue weighted by molar-refractivity contribution is -0.178. The third-order valence-electron chi connectivity index (χ3n) is 4.14. The zero-order chi connectivity index (χ0) is 18.9. The van der Waals surface area contributed by atoms with E-state index in [0.29, 0.717) is 5.75 Å². The smallest absolute Gasteiger partial charge is 0.215 e. The zero-order valence-corrected chi connectivity index (χ0v) is 14.8. The molecule has 1 N–H and O–H groups in total. The van der Waals surface area contributed by atoms with E-state index >= 15 is 0 Å². The fourth-order valence-corrected chi connectivity index (χ4v) is 3.06. The van der Waals surface area contributed by atoms with Crippen LogP contribution < -0.4 is 4.74 Å². The lowest BCUT2D eigenvalue weighted by Crippen LogP contribution is -2.33. The number of para-hydroxylation sites is 1. The summed E-state index contributed by atoms with van der Waals surface area (Å²) in [6, 6.07) is 10.7. The minimum absolute atomic E-state index is 0.0730. The standard InChI is InChI=1S/C18H15F2N3O3S/c19-14-8-12(9-15(20)16(14)26-13-4-2-1-3-5-13)18(24-6-7-25-18)10-23-17(27)21-11-22-23/h1-5,8-9,11H,6-7,10H2,(H,21,22,27). The number of nitrogens with zero attached hydrogens (tertiary/aromatic N) is 2. The first-order chi connectivity index (χ1) is 13.1. The minimum Gasteiger partial charge on any atom is -0.451 e. The van der Waals surface area contributed by atoms with E-state index in [1.165, 1.54) is 11.0 Å². The predicted molar refractivity (Wildman–Crippen MR) is 93.9 cm³/mol. The van der Waals surface area contributed by atoms with Crippen LogP contribution in [-0.2, 0) is 21.8 Å². The Morgan fingerprint density at radius 3 is 2.41 bits per heavy atom. The van der Waals surface area contributed by atoms with E-state index in [9.17, 15) is 8.78 Å². The van der Waals surface area contributed by atoms with Crippen LogP contribution in [0.2, 0.25) is 0 Å². The SMILES string of the molecule is Fc1cc(C2(Cn3[nH]cnc3=S)OCCO2)cc(F)c1Oc1ccccc1. The fourth-order valence-electron chi connectivity index (χ4n) is 2.89. The summed E-state index contributed by atoms with van der Waals surface area (Å²) in [6.07, 6.45) is 1.42. The maximum atomic E-state index is 14.7. The average molecular weight is 391 g/mol.